The Labute approximate surface area is 262 Å². The molecule has 0 aliphatic carbocycles. The Morgan fingerprint density at radius 2 is 1.93 bits per heavy atom. The van der Waals surface area contributed by atoms with Crippen LogP contribution in [0.5, 0.6) is 0 Å². The fourth-order valence-corrected chi connectivity index (χ4v) is 5.89. The van der Waals surface area contributed by atoms with Crippen LogP contribution in [-0.4, -0.2) is 41.7 Å². The molecule has 0 saturated carbocycles. The van der Waals surface area contributed by atoms with Gasteiger partial charge in [-0.2, -0.15) is 17.9 Å². The van der Waals surface area contributed by atoms with Crippen LogP contribution in [-0.2, 0) is 22.3 Å². The van der Waals surface area contributed by atoms with Gasteiger partial charge in [-0.1, -0.05) is 43.1 Å². The Kier molecular flexibility index (Phi) is 9.93. The third-order valence-corrected chi connectivity index (χ3v) is 8.26. The summed E-state index contributed by atoms with van der Waals surface area (Å²) in [5.41, 5.74) is 0.908. The lowest BCUT2D eigenvalue weighted by Crippen LogP contribution is -2.38. The van der Waals surface area contributed by atoms with Crippen LogP contribution < -0.4 is 21.1 Å². The molecule has 4 aromatic rings. The summed E-state index contributed by atoms with van der Waals surface area (Å²) in [6.07, 6.45) is -0.500. The van der Waals surface area contributed by atoms with Crippen LogP contribution in [0.4, 0.5) is 19.0 Å². The maximum atomic E-state index is 14.1. The first kappa shape index (κ1) is 32.2. The molecule has 13 heteroatoms. The van der Waals surface area contributed by atoms with Crippen LogP contribution in [0.2, 0.25) is 5.02 Å². The number of carbonyl (C=O) groups excluding carboxylic acids is 2. The van der Waals surface area contributed by atoms with Gasteiger partial charge in [0.05, 0.1) is 10.9 Å². The number of amides is 2. The molecule has 45 heavy (non-hydrogen) atoms. The highest BCUT2D eigenvalue weighted by Crippen LogP contribution is 2.39. The zero-order chi connectivity index (χ0) is 32.1. The molecule has 2 aromatic heterocycles. The van der Waals surface area contributed by atoms with E-state index in [-0.39, 0.29) is 18.1 Å². The summed E-state index contributed by atoms with van der Waals surface area (Å²) in [4.78, 5) is 41.9. The molecular weight excluding hydrogens is 611 g/mol. The van der Waals surface area contributed by atoms with Gasteiger partial charge in [-0.15, -0.1) is 0 Å². The summed E-state index contributed by atoms with van der Waals surface area (Å²) in [7, 11) is 0. The van der Waals surface area contributed by atoms with Gasteiger partial charge in [-0.05, 0) is 73.2 Å². The average Bonchev–Trinajstić information content (AvgIpc) is 3.34. The monoisotopic (exact) mass is 643 g/mol. The van der Waals surface area contributed by atoms with Crippen molar-refractivity contribution in [1.82, 2.24) is 20.4 Å². The van der Waals surface area contributed by atoms with Gasteiger partial charge in [0.25, 0.3) is 11.5 Å². The van der Waals surface area contributed by atoms with E-state index in [2.05, 4.69) is 15.6 Å². The van der Waals surface area contributed by atoms with Gasteiger partial charge in [0.15, 0.2) is 5.58 Å². The minimum Gasteiger partial charge on any atom is -0.375 e. The lowest BCUT2D eigenvalue weighted by Gasteiger charge is -2.34. The predicted octanol–water partition coefficient (Wildman–Crippen LogP) is 5.95. The van der Waals surface area contributed by atoms with Gasteiger partial charge < -0.3 is 14.7 Å². The van der Waals surface area contributed by atoms with Crippen molar-refractivity contribution in [2.75, 3.05) is 24.5 Å². The highest BCUT2D eigenvalue weighted by atomic mass is 35.5. The van der Waals surface area contributed by atoms with Crippen LogP contribution in [0.1, 0.15) is 49.8 Å². The molecule has 0 radical (unpaired) electrons. The molecule has 238 valence electrons. The Bertz CT molecular complexity index is 1730. The number of halogens is 4. The van der Waals surface area contributed by atoms with Crippen molar-refractivity contribution in [2.45, 2.75) is 51.4 Å². The molecule has 0 spiro atoms. The Morgan fingerprint density at radius 3 is 2.62 bits per heavy atom. The highest BCUT2D eigenvalue weighted by molar-refractivity contribution is 6.30. The summed E-state index contributed by atoms with van der Waals surface area (Å²) in [6, 6.07) is 12.1. The average molecular weight is 644 g/mol. The number of nitrogens with one attached hydrogen (secondary N) is 2. The molecule has 5 rings (SSSR count). The van der Waals surface area contributed by atoms with Gasteiger partial charge in [-0.3, -0.25) is 19.7 Å². The molecule has 1 aliphatic rings. The number of hydrogen-bond acceptors (Lipinski definition) is 7. The fraction of sp³-hybridized carbons (Fsp3) is 0.375. The number of imide groups is 1. The summed E-state index contributed by atoms with van der Waals surface area (Å²) < 4.78 is 49.0. The third kappa shape index (κ3) is 7.39. The molecule has 1 saturated heterocycles. The van der Waals surface area contributed by atoms with E-state index in [0.717, 1.165) is 16.4 Å². The summed E-state index contributed by atoms with van der Waals surface area (Å²) >= 11 is 6.04. The topological polar surface area (TPSA) is 109 Å². The van der Waals surface area contributed by atoms with Crippen molar-refractivity contribution >= 4 is 40.7 Å². The zero-order valence-corrected chi connectivity index (χ0v) is 25.3. The van der Waals surface area contributed by atoms with E-state index >= 15 is 0 Å². The van der Waals surface area contributed by atoms with Crippen molar-refractivity contribution in [1.29, 1.82) is 0 Å². The molecule has 1 fully saturated rings. The number of hydrogen-bond donors (Lipinski definition) is 2. The quantitative estimate of drug-likeness (QED) is 0.195. The van der Waals surface area contributed by atoms with Gasteiger partial charge in [0, 0.05) is 36.4 Å². The van der Waals surface area contributed by atoms with Crippen molar-refractivity contribution < 1.29 is 27.3 Å². The fourth-order valence-electron chi connectivity index (χ4n) is 5.70. The first-order chi connectivity index (χ1) is 21.6. The third-order valence-electron chi connectivity index (χ3n) is 8.03. The van der Waals surface area contributed by atoms with Crippen LogP contribution in [0.15, 0.2) is 64.0 Å². The SMILES string of the molecule is CCCC(C(=O)NC=O)n1oc2cc(CNCC3CCN(c4ncc(-c5cccc(Cl)c5)cc4C(F)(F)F)CC3)ccc2c1=O. The Hall–Kier alpha value is -4.16. The van der Waals surface area contributed by atoms with E-state index < -0.39 is 29.2 Å². The normalized spacial score (nSPS) is 14.9. The maximum Gasteiger partial charge on any atom is 0.419 e. The lowest BCUT2D eigenvalue weighted by molar-refractivity contribution is -0.137. The highest BCUT2D eigenvalue weighted by Gasteiger charge is 2.37. The van der Waals surface area contributed by atoms with E-state index in [0.29, 0.717) is 79.0 Å². The smallest absolute Gasteiger partial charge is 0.375 e. The largest absolute Gasteiger partial charge is 0.419 e. The summed E-state index contributed by atoms with van der Waals surface area (Å²) in [6.45, 7) is 3.90. The predicted molar refractivity (Wildman–Crippen MR) is 165 cm³/mol. The van der Waals surface area contributed by atoms with Crippen LogP contribution >= 0.6 is 11.6 Å². The Balaban J connectivity index is 1.20. The van der Waals surface area contributed by atoms with Gasteiger partial charge in [-0.25, -0.2) is 4.98 Å². The molecule has 3 heterocycles. The number of benzene rings is 2. The van der Waals surface area contributed by atoms with Crippen molar-refractivity contribution in [3.63, 3.8) is 0 Å². The number of anilines is 1. The molecule has 2 amide bonds. The summed E-state index contributed by atoms with van der Waals surface area (Å²) in [5.74, 6) is -0.414. The zero-order valence-electron chi connectivity index (χ0n) is 24.6. The number of carbonyl (C=O) groups is 2. The number of aromatic nitrogens is 2. The standard InChI is InChI=1S/C32H33ClF3N5O4/c1-2-4-27(30(43)39-19-42)41-31(44)25-8-7-21(13-28(25)45-41)17-37-16-20-9-11-40(12-10-20)29-26(32(34,35)36)15-23(18-38-29)22-5-3-6-24(33)14-22/h3,5-8,13-15,18-20,27,37H,2,4,9-12,16-17H2,1H3,(H,39,42,43). The lowest BCUT2D eigenvalue weighted by atomic mass is 9.96. The molecule has 9 nitrogen and oxygen atoms in total. The number of alkyl halides is 3. The molecule has 1 unspecified atom stereocenters. The van der Waals surface area contributed by atoms with Crippen molar-refractivity contribution in [3.8, 4) is 11.1 Å². The molecule has 2 N–H and O–H groups in total. The number of pyridine rings is 1. The Morgan fingerprint density at radius 1 is 1.16 bits per heavy atom. The maximum absolute atomic E-state index is 14.1. The molecule has 1 atom stereocenters. The summed E-state index contributed by atoms with van der Waals surface area (Å²) in [5, 5.41) is 6.26. The van der Waals surface area contributed by atoms with Crippen molar-refractivity contribution in [2.24, 2.45) is 5.92 Å². The number of piperidine rings is 1. The van der Waals surface area contributed by atoms with E-state index in [1.807, 2.05) is 6.92 Å². The number of fused-ring (bicyclic) bond motifs is 1. The van der Waals surface area contributed by atoms with Gasteiger partial charge in [0.2, 0.25) is 6.41 Å². The van der Waals surface area contributed by atoms with Crippen molar-refractivity contribution in [3.05, 3.63) is 81.2 Å². The first-order valence-corrected chi connectivity index (χ1v) is 15.1. The van der Waals surface area contributed by atoms with Crippen LogP contribution in [0.25, 0.3) is 22.1 Å². The van der Waals surface area contributed by atoms with E-state index in [4.69, 9.17) is 16.1 Å². The first-order valence-electron chi connectivity index (χ1n) is 14.8. The molecule has 2 aromatic carbocycles. The molecule has 0 bridgehead atoms. The second-order valence-electron chi connectivity index (χ2n) is 11.1. The number of nitrogens with zero attached hydrogens (tertiary/aromatic N) is 3. The van der Waals surface area contributed by atoms with E-state index in [1.165, 1.54) is 6.20 Å². The van der Waals surface area contributed by atoms with E-state index in [9.17, 15) is 27.6 Å². The second-order valence-corrected chi connectivity index (χ2v) is 11.6. The second kappa shape index (κ2) is 13.9. The van der Waals surface area contributed by atoms with Crippen LogP contribution in [0, 0.1) is 5.92 Å². The molecular formula is C32H33ClF3N5O4. The van der Waals surface area contributed by atoms with Gasteiger partial charge >= 0.3 is 6.18 Å². The number of rotatable bonds is 11. The molecule has 1 aliphatic heterocycles. The van der Waals surface area contributed by atoms with Gasteiger partial charge in [0.1, 0.15) is 11.9 Å². The minimum absolute atomic E-state index is 0.0637. The van der Waals surface area contributed by atoms with E-state index in [1.54, 1.807) is 47.4 Å². The minimum atomic E-state index is -4.56. The van der Waals surface area contributed by atoms with Crippen LogP contribution in [0.3, 0.4) is 0 Å².